The lowest BCUT2D eigenvalue weighted by Gasteiger charge is -2.40. The van der Waals surface area contributed by atoms with Crippen molar-refractivity contribution < 1.29 is 18.7 Å². The van der Waals surface area contributed by atoms with Gasteiger partial charge >= 0.3 is 0 Å². The largest absolute Gasteiger partial charge is 0.497 e. The minimum Gasteiger partial charge on any atom is -0.497 e. The molecule has 1 unspecified atom stereocenters. The summed E-state index contributed by atoms with van der Waals surface area (Å²) in [6.45, 7) is 7.38. The Hall–Kier alpha value is -3.16. The van der Waals surface area contributed by atoms with Crippen LogP contribution in [0.1, 0.15) is 25.6 Å². The van der Waals surface area contributed by atoms with Crippen molar-refractivity contribution in [2.24, 2.45) is 0 Å². The minimum absolute atomic E-state index is 0.0710. The van der Waals surface area contributed by atoms with Crippen LogP contribution in [0.4, 0.5) is 5.69 Å². The average molecular weight is 498 g/mol. The number of rotatable bonds is 9. The van der Waals surface area contributed by atoms with E-state index in [1.807, 2.05) is 24.3 Å². The van der Waals surface area contributed by atoms with E-state index in [-0.39, 0.29) is 11.9 Å². The van der Waals surface area contributed by atoms with Crippen molar-refractivity contribution in [3.05, 3.63) is 77.7 Å². The molecule has 2 aromatic carbocycles. The molecule has 1 N–H and O–H groups in total. The van der Waals surface area contributed by atoms with Crippen LogP contribution in [0.25, 0.3) is 0 Å². The van der Waals surface area contributed by atoms with Crippen molar-refractivity contribution in [2.45, 2.75) is 25.5 Å². The minimum atomic E-state index is -1.05. The molecular formula is C27H32ClN3O4. The Bertz CT molecular complexity index is 1080. The molecule has 35 heavy (non-hydrogen) atoms. The number of methoxy groups -OCH3 is 1. The average Bonchev–Trinajstić information content (AvgIpc) is 3.40. The third-order valence-electron chi connectivity index (χ3n) is 6.25. The zero-order valence-corrected chi connectivity index (χ0v) is 21.1. The number of nitrogens with zero attached hydrogens (tertiary/aromatic N) is 2. The number of benzene rings is 2. The fraction of sp³-hybridized carbons (Fsp3) is 0.370. The fourth-order valence-corrected chi connectivity index (χ4v) is 4.35. The van der Waals surface area contributed by atoms with Gasteiger partial charge in [0.2, 0.25) is 0 Å². The van der Waals surface area contributed by atoms with E-state index >= 15 is 0 Å². The first-order valence-corrected chi connectivity index (χ1v) is 12.1. The Morgan fingerprint density at radius 2 is 1.69 bits per heavy atom. The number of ether oxygens (including phenoxy) is 2. The molecule has 0 spiro atoms. The number of hydrogen-bond donors (Lipinski definition) is 1. The SMILES string of the molecule is COc1ccc(N2CCN(C(CNC(=O)C(C)(C)Oc3ccc(Cl)cc3)c3ccco3)CC2)cc1. The molecule has 2 heterocycles. The summed E-state index contributed by atoms with van der Waals surface area (Å²) >= 11 is 5.95. The number of furan rings is 1. The molecule has 1 atom stereocenters. The van der Waals surface area contributed by atoms with E-state index in [2.05, 4.69) is 27.2 Å². The summed E-state index contributed by atoms with van der Waals surface area (Å²) in [7, 11) is 1.67. The normalized spacial score (nSPS) is 15.5. The highest BCUT2D eigenvalue weighted by atomic mass is 35.5. The van der Waals surface area contributed by atoms with Gasteiger partial charge in [0.1, 0.15) is 17.3 Å². The molecule has 1 amide bonds. The van der Waals surface area contributed by atoms with E-state index < -0.39 is 5.60 Å². The lowest BCUT2D eigenvalue weighted by Crippen LogP contribution is -2.52. The van der Waals surface area contributed by atoms with Gasteiger partial charge in [-0.25, -0.2) is 0 Å². The van der Waals surface area contributed by atoms with Gasteiger partial charge in [-0.15, -0.1) is 0 Å². The Morgan fingerprint density at radius 1 is 1.03 bits per heavy atom. The van der Waals surface area contributed by atoms with Gasteiger partial charge in [0.15, 0.2) is 5.60 Å². The van der Waals surface area contributed by atoms with Crippen LogP contribution in [0, 0.1) is 0 Å². The second-order valence-electron chi connectivity index (χ2n) is 9.03. The lowest BCUT2D eigenvalue weighted by atomic mass is 10.1. The first kappa shape index (κ1) is 24.9. The summed E-state index contributed by atoms with van der Waals surface area (Å²) in [5.41, 5.74) is 0.128. The highest BCUT2D eigenvalue weighted by molar-refractivity contribution is 6.30. The number of anilines is 1. The van der Waals surface area contributed by atoms with Crippen molar-refractivity contribution in [2.75, 3.05) is 44.7 Å². The fourth-order valence-electron chi connectivity index (χ4n) is 4.22. The number of amides is 1. The predicted octanol–water partition coefficient (Wildman–Crippen LogP) is 4.78. The Labute approximate surface area is 211 Å². The Morgan fingerprint density at radius 3 is 2.29 bits per heavy atom. The maximum absolute atomic E-state index is 13.1. The van der Waals surface area contributed by atoms with Gasteiger partial charge in [-0.05, 0) is 74.5 Å². The van der Waals surface area contributed by atoms with Gasteiger partial charge in [0.25, 0.3) is 5.91 Å². The van der Waals surface area contributed by atoms with E-state index in [1.54, 1.807) is 51.5 Å². The summed E-state index contributed by atoms with van der Waals surface area (Å²) < 4.78 is 17.0. The van der Waals surface area contributed by atoms with Crippen molar-refractivity contribution in [1.82, 2.24) is 10.2 Å². The number of halogens is 1. The summed E-state index contributed by atoms with van der Waals surface area (Å²) in [5, 5.41) is 3.70. The number of piperazine rings is 1. The van der Waals surface area contributed by atoms with E-state index in [0.29, 0.717) is 17.3 Å². The molecule has 1 aromatic heterocycles. The molecule has 4 rings (SSSR count). The van der Waals surface area contributed by atoms with Gasteiger partial charge in [-0.3, -0.25) is 9.69 Å². The van der Waals surface area contributed by atoms with Crippen molar-refractivity contribution in [3.8, 4) is 11.5 Å². The molecular weight excluding hydrogens is 466 g/mol. The topological polar surface area (TPSA) is 67.2 Å². The van der Waals surface area contributed by atoms with Crippen LogP contribution in [0.2, 0.25) is 5.02 Å². The van der Waals surface area contributed by atoms with Crippen LogP contribution >= 0.6 is 11.6 Å². The summed E-state index contributed by atoms with van der Waals surface area (Å²) in [4.78, 5) is 17.8. The van der Waals surface area contributed by atoms with E-state index in [9.17, 15) is 4.79 Å². The van der Waals surface area contributed by atoms with Crippen LogP contribution in [0.15, 0.2) is 71.3 Å². The molecule has 3 aromatic rings. The van der Waals surface area contributed by atoms with Gasteiger partial charge < -0.3 is 24.1 Å². The predicted molar refractivity (Wildman–Crippen MR) is 137 cm³/mol. The number of carbonyl (C=O) groups is 1. The van der Waals surface area contributed by atoms with E-state index in [0.717, 1.165) is 37.7 Å². The summed E-state index contributed by atoms with van der Waals surface area (Å²) in [5.74, 6) is 2.08. The number of hydrogen-bond acceptors (Lipinski definition) is 6. The third-order valence-corrected chi connectivity index (χ3v) is 6.51. The van der Waals surface area contributed by atoms with Gasteiger partial charge in [0.05, 0.1) is 19.4 Å². The quantitative estimate of drug-likeness (QED) is 0.459. The molecule has 0 radical (unpaired) electrons. The molecule has 7 nitrogen and oxygen atoms in total. The maximum atomic E-state index is 13.1. The second kappa shape index (κ2) is 11.1. The standard InChI is InChI=1S/C27H32ClN3O4/c1-27(2,35-23-10-6-20(28)7-11-23)26(32)29-19-24(25-5-4-18-34-25)31-16-14-30(15-17-31)21-8-12-22(33-3)13-9-21/h4-13,18,24H,14-17,19H2,1-3H3,(H,29,32). The molecule has 0 bridgehead atoms. The van der Waals surface area contributed by atoms with Crippen LogP contribution in [-0.2, 0) is 4.79 Å². The van der Waals surface area contributed by atoms with Gasteiger partial charge in [-0.1, -0.05) is 11.6 Å². The molecule has 8 heteroatoms. The van der Waals surface area contributed by atoms with E-state index in [1.165, 1.54) is 5.69 Å². The molecule has 1 fully saturated rings. The molecule has 0 aliphatic carbocycles. The van der Waals surface area contributed by atoms with Crippen LogP contribution in [0.5, 0.6) is 11.5 Å². The van der Waals surface area contributed by atoms with E-state index in [4.69, 9.17) is 25.5 Å². The molecule has 0 saturated carbocycles. The Kier molecular flexibility index (Phi) is 7.88. The monoisotopic (exact) mass is 497 g/mol. The molecule has 1 saturated heterocycles. The number of carbonyl (C=O) groups excluding carboxylic acids is 1. The highest BCUT2D eigenvalue weighted by Crippen LogP contribution is 2.26. The van der Waals surface area contributed by atoms with Crippen molar-refractivity contribution in [1.29, 1.82) is 0 Å². The lowest BCUT2D eigenvalue weighted by molar-refractivity contribution is -0.134. The summed E-state index contributed by atoms with van der Waals surface area (Å²) in [6, 6.07) is 18.9. The molecule has 1 aliphatic rings. The van der Waals surface area contributed by atoms with Crippen molar-refractivity contribution >= 4 is 23.2 Å². The van der Waals surface area contributed by atoms with Gasteiger partial charge in [0, 0.05) is 43.4 Å². The molecule has 1 aliphatic heterocycles. The highest BCUT2D eigenvalue weighted by Gasteiger charge is 2.33. The van der Waals surface area contributed by atoms with Crippen LogP contribution < -0.4 is 19.7 Å². The van der Waals surface area contributed by atoms with Crippen LogP contribution in [0.3, 0.4) is 0 Å². The van der Waals surface area contributed by atoms with Crippen LogP contribution in [-0.4, -0.2) is 56.2 Å². The first-order valence-electron chi connectivity index (χ1n) is 11.7. The zero-order chi connectivity index (χ0) is 24.8. The second-order valence-corrected chi connectivity index (χ2v) is 9.47. The summed E-state index contributed by atoms with van der Waals surface area (Å²) in [6.07, 6.45) is 1.67. The smallest absolute Gasteiger partial charge is 0.263 e. The maximum Gasteiger partial charge on any atom is 0.263 e. The molecule has 186 valence electrons. The zero-order valence-electron chi connectivity index (χ0n) is 20.4. The third kappa shape index (κ3) is 6.29. The van der Waals surface area contributed by atoms with Crippen molar-refractivity contribution in [3.63, 3.8) is 0 Å². The van der Waals surface area contributed by atoms with Gasteiger partial charge in [-0.2, -0.15) is 0 Å². The number of nitrogens with one attached hydrogen (secondary N) is 1. The Balaban J connectivity index is 1.37. The first-order chi connectivity index (χ1) is 16.9.